The molecule has 1 fully saturated rings. The Kier molecular flexibility index (Phi) is 4.34. The molecule has 112 valence electrons. The van der Waals surface area contributed by atoms with Gasteiger partial charge in [-0.05, 0) is 30.9 Å². The van der Waals surface area contributed by atoms with E-state index in [4.69, 9.17) is 0 Å². The van der Waals surface area contributed by atoms with Crippen LogP contribution in [0.3, 0.4) is 0 Å². The van der Waals surface area contributed by atoms with E-state index in [9.17, 15) is 4.79 Å². The number of carbonyl (C=O) groups excluding carboxylic acids is 1. The van der Waals surface area contributed by atoms with Crippen LogP contribution in [-0.4, -0.2) is 17.0 Å². The lowest BCUT2D eigenvalue weighted by atomic mass is 9.89. The minimum Gasteiger partial charge on any atom is -0.352 e. The molecule has 21 heavy (non-hydrogen) atoms. The maximum Gasteiger partial charge on any atom is 0.253 e. The number of fused-ring (bicyclic) bond motifs is 1. The molecule has 0 saturated heterocycles. The maximum atomic E-state index is 12.5. The summed E-state index contributed by atoms with van der Waals surface area (Å²) in [6.07, 6.45) is 8.38. The molecule has 0 radical (unpaired) electrons. The zero-order chi connectivity index (χ0) is 14.8. The van der Waals surface area contributed by atoms with Crippen molar-refractivity contribution in [2.75, 3.05) is 6.54 Å². The van der Waals surface area contributed by atoms with Crippen molar-refractivity contribution in [3.05, 3.63) is 34.4 Å². The first-order valence-corrected chi connectivity index (χ1v) is 8.48. The summed E-state index contributed by atoms with van der Waals surface area (Å²) in [7, 11) is 1.98. The van der Waals surface area contributed by atoms with E-state index in [0.29, 0.717) is 5.92 Å². The van der Waals surface area contributed by atoms with Gasteiger partial charge in [0.15, 0.2) is 0 Å². The molecule has 1 N–H and O–H groups in total. The number of halogens is 1. The van der Waals surface area contributed by atoms with Gasteiger partial charge in [0.25, 0.3) is 5.91 Å². The molecule has 1 aromatic heterocycles. The fourth-order valence-electron chi connectivity index (χ4n) is 3.30. The highest BCUT2D eigenvalue weighted by Crippen LogP contribution is 2.29. The molecule has 3 nitrogen and oxygen atoms in total. The number of rotatable bonds is 3. The van der Waals surface area contributed by atoms with Crippen molar-refractivity contribution in [2.24, 2.45) is 13.0 Å². The second kappa shape index (κ2) is 6.22. The third kappa shape index (κ3) is 3.00. The summed E-state index contributed by atoms with van der Waals surface area (Å²) in [5.41, 5.74) is 1.84. The number of nitrogens with zero attached hydrogens (tertiary/aromatic N) is 1. The SMILES string of the molecule is Cn1cc(C(=O)NCC2CCCCC2)c2c(Br)cccc21. The topological polar surface area (TPSA) is 34.0 Å². The van der Waals surface area contributed by atoms with E-state index in [1.807, 2.05) is 36.0 Å². The van der Waals surface area contributed by atoms with Gasteiger partial charge in [-0.25, -0.2) is 0 Å². The Hall–Kier alpha value is -1.29. The molecule has 0 unspecified atom stereocenters. The standard InChI is InChI=1S/C17H21BrN2O/c1-20-11-13(16-14(18)8-5-9-15(16)20)17(21)19-10-12-6-3-2-4-7-12/h5,8-9,11-12H,2-4,6-7,10H2,1H3,(H,19,21). The first-order chi connectivity index (χ1) is 10.2. The summed E-state index contributed by atoms with van der Waals surface area (Å²) >= 11 is 3.56. The van der Waals surface area contributed by atoms with Gasteiger partial charge >= 0.3 is 0 Å². The van der Waals surface area contributed by atoms with Gasteiger partial charge in [0.1, 0.15) is 0 Å². The van der Waals surface area contributed by atoms with Crippen LogP contribution in [-0.2, 0) is 7.05 Å². The Labute approximate surface area is 133 Å². The summed E-state index contributed by atoms with van der Waals surface area (Å²) < 4.78 is 2.98. The molecule has 1 aliphatic rings. The number of amides is 1. The van der Waals surface area contributed by atoms with Gasteiger partial charge in [-0.1, -0.05) is 41.3 Å². The highest BCUT2D eigenvalue weighted by Gasteiger charge is 2.18. The van der Waals surface area contributed by atoms with Gasteiger partial charge < -0.3 is 9.88 Å². The monoisotopic (exact) mass is 348 g/mol. The fourth-order valence-corrected chi connectivity index (χ4v) is 3.87. The number of aryl methyl sites for hydroxylation is 1. The molecule has 0 bridgehead atoms. The summed E-state index contributed by atoms with van der Waals surface area (Å²) in [5, 5.41) is 4.13. The van der Waals surface area contributed by atoms with E-state index in [0.717, 1.165) is 27.5 Å². The molecule has 0 spiro atoms. The van der Waals surface area contributed by atoms with Crippen LogP contribution in [0.25, 0.3) is 10.9 Å². The molecule has 1 saturated carbocycles. The molecule has 0 aliphatic heterocycles. The quantitative estimate of drug-likeness (QED) is 0.883. The second-order valence-corrected chi connectivity index (χ2v) is 6.86. The molecular weight excluding hydrogens is 328 g/mol. The van der Waals surface area contributed by atoms with Crippen LogP contribution in [0.4, 0.5) is 0 Å². The van der Waals surface area contributed by atoms with Crippen molar-refractivity contribution >= 4 is 32.7 Å². The number of carbonyl (C=O) groups is 1. The minimum absolute atomic E-state index is 0.0399. The predicted molar refractivity (Wildman–Crippen MR) is 89.5 cm³/mol. The van der Waals surface area contributed by atoms with Gasteiger partial charge in [-0.3, -0.25) is 4.79 Å². The zero-order valence-electron chi connectivity index (χ0n) is 12.4. The Morgan fingerprint density at radius 1 is 1.33 bits per heavy atom. The van der Waals surface area contributed by atoms with E-state index >= 15 is 0 Å². The molecule has 4 heteroatoms. The van der Waals surface area contributed by atoms with Crippen LogP contribution in [0.2, 0.25) is 0 Å². The third-order valence-electron chi connectivity index (χ3n) is 4.48. The lowest BCUT2D eigenvalue weighted by molar-refractivity contribution is 0.0945. The molecule has 0 atom stereocenters. The predicted octanol–water partition coefficient (Wildman–Crippen LogP) is 4.25. The van der Waals surface area contributed by atoms with Crippen LogP contribution in [0.5, 0.6) is 0 Å². The Morgan fingerprint density at radius 3 is 2.86 bits per heavy atom. The van der Waals surface area contributed by atoms with Crippen molar-refractivity contribution in [3.8, 4) is 0 Å². The van der Waals surface area contributed by atoms with Crippen LogP contribution >= 0.6 is 15.9 Å². The fraction of sp³-hybridized carbons (Fsp3) is 0.471. The summed E-state index contributed by atoms with van der Waals surface area (Å²) in [6, 6.07) is 6.02. The maximum absolute atomic E-state index is 12.5. The highest BCUT2D eigenvalue weighted by molar-refractivity contribution is 9.10. The van der Waals surface area contributed by atoms with E-state index in [1.54, 1.807) is 0 Å². The Morgan fingerprint density at radius 2 is 2.10 bits per heavy atom. The van der Waals surface area contributed by atoms with Crippen LogP contribution in [0, 0.1) is 5.92 Å². The second-order valence-electron chi connectivity index (χ2n) is 6.00. The molecule has 1 aliphatic carbocycles. The Balaban J connectivity index is 1.78. The van der Waals surface area contributed by atoms with E-state index in [-0.39, 0.29) is 5.91 Å². The van der Waals surface area contributed by atoms with E-state index < -0.39 is 0 Å². The first kappa shape index (κ1) is 14.6. The van der Waals surface area contributed by atoms with Gasteiger partial charge in [-0.2, -0.15) is 0 Å². The summed E-state index contributed by atoms with van der Waals surface area (Å²) in [6.45, 7) is 0.805. The van der Waals surface area contributed by atoms with Crippen LogP contribution < -0.4 is 5.32 Å². The molecular formula is C17H21BrN2O. The molecule has 1 heterocycles. The van der Waals surface area contributed by atoms with E-state index in [1.165, 1.54) is 32.1 Å². The van der Waals surface area contributed by atoms with Crippen molar-refractivity contribution in [1.29, 1.82) is 0 Å². The zero-order valence-corrected chi connectivity index (χ0v) is 13.9. The normalized spacial score (nSPS) is 16.3. The Bertz CT molecular complexity index is 656. The van der Waals surface area contributed by atoms with Gasteiger partial charge in [-0.15, -0.1) is 0 Å². The number of aromatic nitrogens is 1. The number of hydrogen-bond donors (Lipinski definition) is 1. The van der Waals surface area contributed by atoms with Gasteiger partial charge in [0.2, 0.25) is 0 Å². The summed E-state index contributed by atoms with van der Waals surface area (Å²) in [4.78, 5) is 12.5. The van der Waals surface area contributed by atoms with Gasteiger partial charge in [0.05, 0.1) is 5.56 Å². The molecule has 3 rings (SSSR count). The average Bonchev–Trinajstić information content (AvgIpc) is 2.85. The largest absolute Gasteiger partial charge is 0.352 e. The third-order valence-corrected chi connectivity index (χ3v) is 5.15. The van der Waals surface area contributed by atoms with Crippen molar-refractivity contribution < 1.29 is 4.79 Å². The average molecular weight is 349 g/mol. The molecule has 1 aromatic carbocycles. The summed E-state index contributed by atoms with van der Waals surface area (Å²) in [5.74, 6) is 0.694. The molecule has 2 aromatic rings. The number of benzene rings is 1. The number of nitrogens with one attached hydrogen (secondary N) is 1. The van der Waals surface area contributed by atoms with E-state index in [2.05, 4.69) is 21.2 Å². The molecule has 1 amide bonds. The van der Waals surface area contributed by atoms with Crippen molar-refractivity contribution in [3.63, 3.8) is 0 Å². The van der Waals surface area contributed by atoms with Crippen molar-refractivity contribution in [1.82, 2.24) is 9.88 Å². The first-order valence-electron chi connectivity index (χ1n) is 7.68. The number of hydrogen-bond acceptors (Lipinski definition) is 1. The van der Waals surface area contributed by atoms with Crippen LogP contribution in [0.15, 0.2) is 28.9 Å². The lowest BCUT2D eigenvalue weighted by Gasteiger charge is -2.21. The smallest absolute Gasteiger partial charge is 0.253 e. The minimum atomic E-state index is 0.0399. The van der Waals surface area contributed by atoms with Crippen molar-refractivity contribution in [2.45, 2.75) is 32.1 Å². The lowest BCUT2D eigenvalue weighted by Crippen LogP contribution is -2.30. The van der Waals surface area contributed by atoms with Crippen LogP contribution in [0.1, 0.15) is 42.5 Å². The highest BCUT2D eigenvalue weighted by atomic mass is 79.9. The van der Waals surface area contributed by atoms with Gasteiger partial charge in [0, 0.05) is 35.2 Å².